The summed E-state index contributed by atoms with van der Waals surface area (Å²) in [5, 5.41) is 19.5. The van der Waals surface area contributed by atoms with Gasteiger partial charge in [0.1, 0.15) is 17.6 Å². The molecule has 0 atom stereocenters. The number of nitrogens with zero attached hydrogens (tertiary/aromatic N) is 3. The third-order valence-electron chi connectivity index (χ3n) is 2.65. The van der Waals surface area contributed by atoms with E-state index in [9.17, 15) is 14.9 Å². The molecule has 1 aromatic rings. The Balaban J connectivity index is 3.02. The number of pyridine rings is 1. The van der Waals surface area contributed by atoms with Gasteiger partial charge in [-0.25, -0.2) is 9.78 Å². The van der Waals surface area contributed by atoms with E-state index in [2.05, 4.69) is 4.98 Å². The SMILES string of the molecule is CN(c1ccc([N+](=O)[O-])cn1)C(C)(C)C(=O)O. The molecule has 0 aliphatic carbocycles. The molecule has 7 nitrogen and oxygen atoms in total. The molecule has 0 amide bonds. The number of carbonyl (C=O) groups is 1. The Morgan fingerprint density at radius 3 is 2.47 bits per heavy atom. The molecule has 0 aromatic carbocycles. The second-order valence-electron chi connectivity index (χ2n) is 4.05. The number of hydrogen-bond acceptors (Lipinski definition) is 5. The molecule has 0 unspecified atom stereocenters. The lowest BCUT2D eigenvalue weighted by atomic mass is 10.0. The van der Waals surface area contributed by atoms with Crippen LogP contribution in [0.4, 0.5) is 11.5 Å². The van der Waals surface area contributed by atoms with Gasteiger partial charge in [0, 0.05) is 13.1 Å². The van der Waals surface area contributed by atoms with E-state index in [0.29, 0.717) is 5.82 Å². The zero-order chi connectivity index (χ0) is 13.2. The van der Waals surface area contributed by atoms with Crippen LogP contribution in [0.3, 0.4) is 0 Å². The van der Waals surface area contributed by atoms with Gasteiger partial charge in [-0.15, -0.1) is 0 Å². The number of aromatic nitrogens is 1. The van der Waals surface area contributed by atoms with Gasteiger partial charge in [0.25, 0.3) is 5.69 Å². The topological polar surface area (TPSA) is 96.6 Å². The quantitative estimate of drug-likeness (QED) is 0.628. The molecule has 1 rings (SSSR count). The van der Waals surface area contributed by atoms with E-state index in [0.717, 1.165) is 6.20 Å². The molecule has 1 N–H and O–H groups in total. The maximum Gasteiger partial charge on any atom is 0.328 e. The minimum absolute atomic E-state index is 0.129. The van der Waals surface area contributed by atoms with Gasteiger partial charge >= 0.3 is 5.97 Å². The van der Waals surface area contributed by atoms with E-state index in [-0.39, 0.29) is 5.69 Å². The van der Waals surface area contributed by atoms with Gasteiger partial charge in [0.15, 0.2) is 0 Å². The number of rotatable bonds is 4. The van der Waals surface area contributed by atoms with Crippen LogP contribution in [-0.4, -0.2) is 33.6 Å². The third-order valence-corrected chi connectivity index (χ3v) is 2.65. The van der Waals surface area contributed by atoms with Crippen LogP contribution in [0.25, 0.3) is 0 Å². The lowest BCUT2D eigenvalue weighted by Crippen LogP contribution is -2.48. The summed E-state index contributed by atoms with van der Waals surface area (Å²) in [6, 6.07) is 2.71. The molecule has 0 aliphatic heterocycles. The van der Waals surface area contributed by atoms with Crippen LogP contribution in [0.1, 0.15) is 13.8 Å². The molecule has 92 valence electrons. The Kier molecular flexibility index (Phi) is 3.31. The van der Waals surface area contributed by atoms with Crippen LogP contribution in [-0.2, 0) is 4.79 Å². The molecular formula is C10H13N3O4. The van der Waals surface area contributed by atoms with E-state index in [4.69, 9.17) is 5.11 Å². The largest absolute Gasteiger partial charge is 0.480 e. The number of carboxylic acid groups (broad SMARTS) is 1. The molecule has 7 heteroatoms. The fourth-order valence-electron chi connectivity index (χ4n) is 1.11. The zero-order valence-electron chi connectivity index (χ0n) is 9.75. The number of aliphatic carboxylic acids is 1. The van der Waals surface area contributed by atoms with Crippen molar-refractivity contribution >= 4 is 17.5 Å². The van der Waals surface area contributed by atoms with Crippen molar-refractivity contribution in [1.82, 2.24) is 4.98 Å². The number of likely N-dealkylation sites (N-methyl/N-ethyl adjacent to an activating group) is 1. The summed E-state index contributed by atoms with van der Waals surface area (Å²) in [4.78, 5) is 26.2. The highest BCUT2D eigenvalue weighted by Crippen LogP contribution is 2.22. The first-order valence-electron chi connectivity index (χ1n) is 4.84. The summed E-state index contributed by atoms with van der Waals surface area (Å²) in [5.41, 5.74) is -1.27. The van der Waals surface area contributed by atoms with Crippen LogP contribution in [0.15, 0.2) is 18.3 Å². The second kappa shape index (κ2) is 4.36. The third kappa shape index (κ3) is 2.49. The maximum atomic E-state index is 11.0. The van der Waals surface area contributed by atoms with Crippen LogP contribution >= 0.6 is 0 Å². The average molecular weight is 239 g/mol. The molecule has 1 aromatic heterocycles. The highest BCUT2D eigenvalue weighted by atomic mass is 16.6. The summed E-state index contributed by atoms with van der Waals surface area (Å²) in [5.74, 6) is -0.636. The number of nitro groups is 1. The molecule has 0 spiro atoms. The Labute approximate surface area is 97.8 Å². The molecule has 0 fully saturated rings. The van der Waals surface area contributed by atoms with Gasteiger partial charge in [-0.1, -0.05) is 0 Å². The standard InChI is InChI=1S/C10H13N3O4/c1-10(2,9(14)15)12(3)8-5-4-7(6-11-8)13(16)17/h4-6H,1-3H3,(H,14,15). The number of anilines is 1. The fourth-order valence-corrected chi connectivity index (χ4v) is 1.11. The van der Waals surface area contributed by atoms with Crippen molar-refractivity contribution in [1.29, 1.82) is 0 Å². The summed E-state index contributed by atoms with van der Waals surface area (Å²) < 4.78 is 0. The maximum absolute atomic E-state index is 11.0. The van der Waals surface area contributed by atoms with Crippen LogP contribution < -0.4 is 4.90 Å². The van der Waals surface area contributed by atoms with E-state index >= 15 is 0 Å². The molecule has 0 aliphatic rings. The van der Waals surface area contributed by atoms with E-state index < -0.39 is 16.4 Å². The van der Waals surface area contributed by atoms with E-state index in [1.165, 1.54) is 30.9 Å². The summed E-state index contributed by atoms with van der Waals surface area (Å²) in [6.45, 7) is 3.05. The summed E-state index contributed by atoms with van der Waals surface area (Å²) in [6.07, 6.45) is 1.10. The first-order chi connectivity index (χ1) is 7.76. The van der Waals surface area contributed by atoms with Crippen LogP contribution in [0, 0.1) is 10.1 Å². The number of hydrogen-bond donors (Lipinski definition) is 1. The van der Waals surface area contributed by atoms with E-state index in [1.54, 1.807) is 7.05 Å². The number of carboxylic acids is 1. The van der Waals surface area contributed by atoms with Crippen LogP contribution in [0.2, 0.25) is 0 Å². The van der Waals surface area contributed by atoms with Gasteiger partial charge in [-0.2, -0.15) is 0 Å². The van der Waals surface area contributed by atoms with Gasteiger partial charge < -0.3 is 10.0 Å². The fraction of sp³-hybridized carbons (Fsp3) is 0.400. The Morgan fingerprint density at radius 1 is 1.53 bits per heavy atom. The van der Waals surface area contributed by atoms with Gasteiger partial charge in [0.2, 0.25) is 0 Å². The molecule has 0 saturated heterocycles. The molecule has 1 heterocycles. The molecule has 17 heavy (non-hydrogen) atoms. The van der Waals surface area contributed by atoms with Crippen molar-refractivity contribution < 1.29 is 14.8 Å². The lowest BCUT2D eigenvalue weighted by molar-refractivity contribution is -0.385. The van der Waals surface area contributed by atoms with Crippen molar-refractivity contribution in [2.45, 2.75) is 19.4 Å². The Bertz CT molecular complexity index is 441. The first-order valence-corrected chi connectivity index (χ1v) is 4.84. The minimum Gasteiger partial charge on any atom is -0.480 e. The van der Waals surface area contributed by atoms with Crippen molar-refractivity contribution in [3.8, 4) is 0 Å². The molecule has 0 radical (unpaired) electrons. The molecular weight excluding hydrogens is 226 g/mol. The van der Waals surface area contributed by atoms with Gasteiger partial charge in [-0.3, -0.25) is 10.1 Å². The second-order valence-corrected chi connectivity index (χ2v) is 4.05. The summed E-state index contributed by atoms with van der Waals surface area (Å²) >= 11 is 0. The van der Waals surface area contributed by atoms with Crippen molar-refractivity contribution in [2.24, 2.45) is 0 Å². The minimum atomic E-state index is -1.14. The van der Waals surface area contributed by atoms with Gasteiger partial charge in [-0.05, 0) is 19.9 Å². The normalized spacial score (nSPS) is 11.0. The van der Waals surface area contributed by atoms with Crippen molar-refractivity contribution in [3.05, 3.63) is 28.4 Å². The average Bonchev–Trinajstić information content (AvgIpc) is 2.27. The predicted molar refractivity (Wildman–Crippen MR) is 61.0 cm³/mol. The molecule has 0 saturated carbocycles. The van der Waals surface area contributed by atoms with Crippen molar-refractivity contribution in [3.63, 3.8) is 0 Å². The van der Waals surface area contributed by atoms with E-state index in [1.807, 2.05) is 0 Å². The Hall–Kier alpha value is -2.18. The smallest absolute Gasteiger partial charge is 0.328 e. The highest BCUT2D eigenvalue weighted by Gasteiger charge is 2.33. The first kappa shape index (κ1) is 12.9. The Morgan fingerprint density at radius 2 is 2.12 bits per heavy atom. The predicted octanol–water partition coefficient (Wildman–Crippen LogP) is 1.29. The van der Waals surface area contributed by atoms with Crippen LogP contribution in [0.5, 0.6) is 0 Å². The highest BCUT2D eigenvalue weighted by molar-refractivity contribution is 5.81. The molecule has 0 bridgehead atoms. The monoisotopic (exact) mass is 239 g/mol. The zero-order valence-corrected chi connectivity index (χ0v) is 9.75. The van der Waals surface area contributed by atoms with Gasteiger partial charge in [0.05, 0.1) is 4.92 Å². The summed E-state index contributed by atoms with van der Waals surface area (Å²) in [7, 11) is 1.57. The van der Waals surface area contributed by atoms with Crippen molar-refractivity contribution in [2.75, 3.05) is 11.9 Å². The lowest BCUT2D eigenvalue weighted by Gasteiger charge is -2.32.